The fourth-order valence-corrected chi connectivity index (χ4v) is 2.41. The molecule has 0 spiro atoms. The summed E-state index contributed by atoms with van der Waals surface area (Å²) in [4.78, 5) is 16.1. The summed E-state index contributed by atoms with van der Waals surface area (Å²) in [5.41, 5.74) is 1.75. The van der Waals surface area contributed by atoms with Crippen LogP contribution in [-0.2, 0) is 17.8 Å². The summed E-state index contributed by atoms with van der Waals surface area (Å²) in [6.45, 7) is 0.507. The molecule has 0 bridgehead atoms. The Morgan fingerprint density at radius 2 is 1.88 bits per heavy atom. The van der Waals surface area contributed by atoms with E-state index in [-0.39, 0.29) is 18.1 Å². The Bertz CT molecular complexity index is 831. The number of carbonyl (C=O) groups excluding carboxylic acids is 1. The molecule has 0 aliphatic rings. The maximum atomic E-state index is 12.9. The van der Waals surface area contributed by atoms with E-state index >= 15 is 0 Å². The van der Waals surface area contributed by atoms with Gasteiger partial charge >= 0.3 is 0 Å². The molecule has 2 heterocycles. The number of hydrogen-bond donors (Lipinski definition) is 1. The molecule has 5 nitrogen and oxygen atoms in total. The number of hydrogen-bond acceptors (Lipinski definition) is 3. The van der Waals surface area contributed by atoms with Crippen LogP contribution in [0.4, 0.5) is 10.2 Å². The molecule has 122 valence electrons. The SMILES string of the molecule is O=C(Cc1ccc(Br)nc1)Nc1ccn(Cc2ccc(F)cc2)n1. The minimum atomic E-state index is -0.269. The Balaban J connectivity index is 1.58. The molecule has 0 saturated carbocycles. The molecular weight excluding hydrogens is 375 g/mol. The lowest BCUT2D eigenvalue weighted by atomic mass is 10.2. The molecule has 3 aromatic rings. The number of anilines is 1. The second kappa shape index (κ2) is 7.35. The summed E-state index contributed by atoms with van der Waals surface area (Å²) in [5.74, 6) is 0.0490. The Labute approximate surface area is 146 Å². The van der Waals surface area contributed by atoms with Crippen molar-refractivity contribution in [1.29, 1.82) is 0 Å². The highest BCUT2D eigenvalue weighted by atomic mass is 79.9. The van der Waals surface area contributed by atoms with Crippen LogP contribution < -0.4 is 5.32 Å². The van der Waals surface area contributed by atoms with Crippen molar-refractivity contribution >= 4 is 27.7 Å². The third-order valence-corrected chi connectivity index (χ3v) is 3.79. The molecule has 0 aliphatic heterocycles. The zero-order valence-electron chi connectivity index (χ0n) is 12.6. The molecule has 0 atom stereocenters. The van der Waals surface area contributed by atoms with Crippen molar-refractivity contribution in [1.82, 2.24) is 14.8 Å². The van der Waals surface area contributed by atoms with Crippen molar-refractivity contribution in [2.24, 2.45) is 0 Å². The monoisotopic (exact) mass is 388 g/mol. The van der Waals surface area contributed by atoms with Crippen LogP contribution in [0.15, 0.2) is 59.5 Å². The summed E-state index contributed by atoms with van der Waals surface area (Å²) in [6.07, 6.45) is 3.64. The first-order valence-electron chi connectivity index (χ1n) is 7.27. The van der Waals surface area contributed by atoms with Crippen LogP contribution in [0.1, 0.15) is 11.1 Å². The molecular formula is C17H14BrFN4O. The Kier molecular flexibility index (Phi) is 5.00. The number of carbonyl (C=O) groups is 1. The van der Waals surface area contributed by atoms with E-state index in [9.17, 15) is 9.18 Å². The van der Waals surface area contributed by atoms with E-state index in [4.69, 9.17) is 0 Å². The van der Waals surface area contributed by atoms with Crippen molar-refractivity contribution in [2.75, 3.05) is 5.32 Å². The first-order valence-corrected chi connectivity index (χ1v) is 8.06. The lowest BCUT2D eigenvalue weighted by Gasteiger charge is -2.03. The van der Waals surface area contributed by atoms with Gasteiger partial charge in [-0.05, 0) is 45.3 Å². The number of benzene rings is 1. The quantitative estimate of drug-likeness (QED) is 0.681. The van der Waals surface area contributed by atoms with Gasteiger partial charge in [0.15, 0.2) is 5.82 Å². The zero-order chi connectivity index (χ0) is 16.9. The van der Waals surface area contributed by atoms with Crippen LogP contribution in [-0.4, -0.2) is 20.7 Å². The van der Waals surface area contributed by atoms with Gasteiger partial charge in [-0.25, -0.2) is 9.37 Å². The van der Waals surface area contributed by atoms with E-state index in [1.54, 1.807) is 41.3 Å². The second-order valence-corrected chi connectivity index (χ2v) is 6.05. The average molecular weight is 389 g/mol. The maximum absolute atomic E-state index is 12.9. The standard InChI is InChI=1S/C17H14BrFN4O/c18-15-6-3-13(10-20-15)9-17(24)21-16-7-8-23(22-16)11-12-1-4-14(19)5-2-12/h1-8,10H,9,11H2,(H,21,22,24). The van der Waals surface area contributed by atoms with Crippen molar-refractivity contribution in [3.8, 4) is 0 Å². The van der Waals surface area contributed by atoms with Crippen LogP contribution in [0.25, 0.3) is 0 Å². The van der Waals surface area contributed by atoms with Gasteiger partial charge in [-0.3, -0.25) is 9.48 Å². The van der Waals surface area contributed by atoms with Gasteiger partial charge in [0.1, 0.15) is 10.4 Å². The third kappa shape index (κ3) is 4.48. The van der Waals surface area contributed by atoms with E-state index in [1.165, 1.54) is 12.1 Å². The van der Waals surface area contributed by atoms with Gasteiger partial charge in [-0.1, -0.05) is 18.2 Å². The van der Waals surface area contributed by atoms with Gasteiger partial charge in [0.2, 0.25) is 5.91 Å². The van der Waals surface area contributed by atoms with Gasteiger partial charge in [0.05, 0.1) is 13.0 Å². The predicted octanol–water partition coefficient (Wildman–Crippen LogP) is 3.41. The predicted molar refractivity (Wildman–Crippen MR) is 92.0 cm³/mol. The van der Waals surface area contributed by atoms with Gasteiger partial charge in [-0.2, -0.15) is 5.10 Å². The normalized spacial score (nSPS) is 10.6. The molecule has 1 N–H and O–H groups in total. The van der Waals surface area contributed by atoms with Gasteiger partial charge in [0.25, 0.3) is 0 Å². The largest absolute Gasteiger partial charge is 0.309 e. The van der Waals surface area contributed by atoms with Gasteiger partial charge < -0.3 is 5.32 Å². The van der Waals surface area contributed by atoms with E-state index in [2.05, 4.69) is 31.3 Å². The first kappa shape index (κ1) is 16.3. The number of nitrogens with one attached hydrogen (secondary N) is 1. The fourth-order valence-electron chi connectivity index (χ4n) is 2.18. The first-order chi connectivity index (χ1) is 11.6. The van der Waals surface area contributed by atoms with E-state index in [0.29, 0.717) is 12.4 Å². The van der Waals surface area contributed by atoms with Crippen molar-refractivity contribution in [2.45, 2.75) is 13.0 Å². The third-order valence-electron chi connectivity index (χ3n) is 3.32. The highest BCUT2D eigenvalue weighted by Crippen LogP contribution is 2.10. The van der Waals surface area contributed by atoms with Crippen molar-refractivity contribution < 1.29 is 9.18 Å². The van der Waals surface area contributed by atoms with Crippen LogP contribution in [0.2, 0.25) is 0 Å². The van der Waals surface area contributed by atoms with Crippen LogP contribution >= 0.6 is 15.9 Å². The minimum Gasteiger partial charge on any atom is -0.309 e. The molecule has 0 aliphatic carbocycles. The van der Waals surface area contributed by atoms with Crippen LogP contribution in [0.3, 0.4) is 0 Å². The summed E-state index contributed by atoms with van der Waals surface area (Å²) in [7, 11) is 0. The maximum Gasteiger partial charge on any atom is 0.230 e. The van der Waals surface area contributed by atoms with Crippen LogP contribution in [0.5, 0.6) is 0 Å². The number of aromatic nitrogens is 3. The van der Waals surface area contributed by atoms with E-state index in [1.807, 2.05) is 6.07 Å². The Morgan fingerprint density at radius 3 is 2.58 bits per heavy atom. The fraction of sp³-hybridized carbons (Fsp3) is 0.118. The smallest absolute Gasteiger partial charge is 0.230 e. The molecule has 0 saturated heterocycles. The highest BCUT2D eigenvalue weighted by Gasteiger charge is 2.07. The summed E-state index contributed by atoms with van der Waals surface area (Å²) < 4.78 is 15.3. The molecule has 1 amide bonds. The second-order valence-electron chi connectivity index (χ2n) is 5.24. The number of nitrogens with zero attached hydrogens (tertiary/aromatic N) is 3. The molecule has 2 aromatic heterocycles. The van der Waals surface area contributed by atoms with E-state index in [0.717, 1.165) is 15.7 Å². The minimum absolute atomic E-state index is 0.161. The lowest BCUT2D eigenvalue weighted by Crippen LogP contribution is -2.15. The average Bonchev–Trinajstić information content (AvgIpc) is 2.99. The zero-order valence-corrected chi connectivity index (χ0v) is 14.2. The Morgan fingerprint density at radius 1 is 1.12 bits per heavy atom. The topological polar surface area (TPSA) is 59.8 Å². The molecule has 0 radical (unpaired) electrons. The van der Waals surface area contributed by atoms with Crippen LogP contribution in [0, 0.1) is 5.82 Å². The highest BCUT2D eigenvalue weighted by molar-refractivity contribution is 9.10. The molecule has 3 rings (SSSR count). The van der Waals surface area contributed by atoms with Crippen molar-refractivity contribution in [3.63, 3.8) is 0 Å². The number of amides is 1. The molecule has 0 fully saturated rings. The molecule has 0 unspecified atom stereocenters. The van der Waals surface area contributed by atoms with Crippen molar-refractivity contribution in [3.05, 3.63) is 76.4 Å². The number of halogens is 2. The molecule has 7 heteroatoms. The van der Waals surface area contributed by atoms with Gasteiger partial charge in [-0.15, -0.1) is 0 Å². The van der Waals surface area contributed by atoms with E-state index < -0.39 is 0 Å². The van der Waals surface area contributed by atoms with Gasteiger partial charge in [0, 0.05) is 18.5 Å². The number of rotatable bonds is 5. The summed E-state index contributed by atoms with van der Waals surface area (Å²) in [6, 6.07) is 11.6. The number of pyridine rings is 1. The summed E-state index contributed by atoms with van der Waals surface area (Å²) >= 11 is 3.25. The molecule has 1 aromatic carbocycles. The molecule has 24 heavy (non-hydrogen) atoms. The lowest BCUT2D eigenvalue weighted by molar-refractivity contribution is -0.115. The summed E-state index contributed by atoms with van der Waals surface area (Å²) in [5, 5.41) is 7.04. The Hall–Kier alpha value is -2.54.